The Kier molecular flexibility index (Phi) is 5.72. The van der Waals surface area contributed by atoms with E-state index in [2.05, 4.69) is 44.7 Å². The van der Waals surface area contributed by atoms with E-state index < -0.39 is 0 Å². The van der Waals surface area contributed by atoms with E-state index in [1.807, 2.05) is 0 Å². The zero-order chi connectivity index (χ0) is 15.6. The van der Waals surface area contributed by atoms with Crippen molar-refractivity contribution in [1.29, 1.82) is 0 Å². The fraction of sp³-hybridized carbons (Fsp3) is 1.00. The van der Waals surface area contributed by atoms with Crippen LogP contribution in [0.2, 0.25) is 0 Å². The lowest BCUT2D eigenvalue weighted by Crippen LogP contribution is -2.49. The molecule has 2 fully saturated rings. The Labute approximate surface area is 131 Å². The molecule has 1 heterocycles. The lowest BCUT2D eigenvalue weighted by Gasteiger charge is -2.43. The molecule has 4 atom stereocenters. The molecule has 0 aromatic rings. The van der Waals surface area contributed by atoms with E-state index in [1.54, 1.807) is 0 Å². The number of rotatable bonds is 3. The van der Waals surface area contributed by atoms with Crippen LogP contribution in [0.1, 0.15) is 52.9 Å². The zero-order valence-corrected chi connectivity index (χ0v) is 14.8. The van der Waals surface area contributed by atoms with Gasteiger partial charge in [0.05, 0.1) is 6.10 Å². The van der Waals surface area contributed by atoms with Crippen molar-refractivity contribution in [1.82, 2.24) is 9.80 Å². The zero-order valence-electron chi connectivity index (χ0n) is 14.8. The summed E-state index contributed by atoms with van der Waals surface area (Å²) < 4.78 is 0. The second-order valence-corrected chi connectivity index (χ2v) is 8.72. The SMILES string of the molecule is CN(C)C1CCCN(CC2CC(C(C)(C)C)CCC2O)C1. The second kappa shape index (κ2) is 6.97. The Balaban J connectivity index is 1.91. The molecule has 1 saturated heterocycles. The van der Waals surface area contributed by atoms with E-state index in [0.717, 1.165) is 18.9 Å². The first-order valence-corrected chi connectivity index (χ1v) is 8.84. The predicted molar refractivity (Wildman–Crippen MR) is 89.4 cm³/mol. The number of hydrogen-bond acceptors (Lipinski definition) is 3. The standard InChI is InChI=1S/C18H36N2O/c1-18(2,3)15-8-9-17(21)14(11-15)12-20-10-6-7-16(13-20)19(4)5/h14-17,21H,6-13H2,1-5H3. The monoisotopic (exact) mass is 296 g/mol. The number of aliphatic hydroxyl groups excluding tert-OH is 1. The van der Waals surface area contributed by atoms with Crippen molar-refractivity contribution in [2.24, 2.45) is 17.3 Å². The molecule has 0 bridgehead atoms. The van der Waals surface area contributed by atoms with Crippen molar-refractivity contribution >= 4 is 0 Å². The summed E-state index contributed by atoms with van der Waals surface area (Å²) in [5.74, 6) is 1.24. The molecule has 0 spiro atoms. The van der Waals surface area contributed by atoms with Crippen LogP contribution >= 0.6 is 0 Å². The third-order valence-electron chi connectivity index (χ3n) is 5.87. The maximum absolute atomic E-state index is 10.4. The molecule has 0 radical (unpaired) electrons. The van der Waals surface area contributed by atoms with Gasteiger partial charge in [-0.05, 0) is 70.0 Å². The summed E-state index contributed by atoms with van der Waals surface area (Å²) in [5, 5.41) is 10.4. The van der Waals surface area contributed by atoms with E-state index in [-0.39, 0.29) is 6.10 Å². The molecule has 1 aliphatic carbocycles. The van der Waals surface area contributed by atoms with Gasteiger partial charge in [0.1, 0.15) is 0 Å². The van der Waals surface area contributed by atoms with Crippen molar-refractivity contribution in [3.8, 4) is 0 Å². The van der Waals surface area contributed by atoms with Crippen LogP contribution in [0.5, 0.6) is 0 Å². The molecule has 124 valence electrons. The summed E-state index contributed by atoms with van der Waals surface area (Å²) in [6, 6.07) is 0.692. The van der Waals surface area contributed by atoms with Crippen molar-refractivity contribution < 1.29 is 5.11 Å². The maximum Gasteiger partial charge on any atom is 0.0580 e. The van der Waals surface area contributed by atoms with Crippen LogP contribution in [0.4, 0.5) is 0 Å². The highest BCUT2D eigenvalue weighted by molar-refractivity contribution is 4.88. The first-order valence-electron chi connectivity index (χ1n) is 8.84. The Morgan fingerprint density at radius 3 is 2.48 bits per heavy atom. The van der Waals surface area contributed by atoms with Crippen LogP contribution in [0, 0.1) is 17.3 Å². The summed E-state index contributed by atoms with van der Waals surface area (Å²) in [6.07, 6.45) is 5.94. The summed E-state index contributed by atoms with van der Waals surface area (Å²) in [7, 11) is 4.39. The molecule has 0 aromatic heterocycles. The number of nitrogens with zero attached hydrogens (tertiary/aromatic N) is 2. The smallest absolute Gasteiger partial charge is 0.0580 e. The average Bonchev–Trinajstić information content (AvgIpc) is 2.40. The number of aliphatic hydroxyl groups is 1. The highest BCUT2D eigenvalue weighted by Gasteiger charge is 2.36. The molecule has 21 heavy (non-hydrogen) atoms. The number of piperidine rings is 1. The first-order chi connectivity index (χ1) is 9.77. The Hall–Kier alpha value is -0.120. The first kappa shape index (κ1) is 17.2. The molecular weight excluding hydrogens is 260 g/mol. The van der Waals surface area contributed by atoms with E-state index in [1.165, 1.54) is 38.8 Å². The molecule has 3 nitrogen and oxygen atoms in total. The van der Waals surface area contributed by atoms with Gasteiger partial charge in [-0.15, -0.1) is 0 Å². The molecule has 0 amide bonds. The van der Waals surface area contributed by atoms with Gasteiger partial charge < -0.3 is 14.9 Å². The van der Waals surface area contributed by atoms with Crippen LogP contribution in [0.25, 0.3) is 0 Å². The van der Waals surface area contributed by atoms with Crippen molar-refractivity contribution in [3.63, 3.8) is 0 Å². The van der Waals surface area contributed by atoms with E-state index in [0.29, 0.717) is 17.4 Å². The summed E-state index contributed by atoms with van der Waals surface area (Å²) >= 11 is 0. The Morgan fingerprint density at radius 2 is 1.86 bits per heavy atom. The maximum atomic E-state index is 10.4. The van der Waals surface area contributed by atoms with Gasteiger partial charge >= 0.3 is 0 Å². The minimum atomic E-state index is -0.0802. The fourth-order valence-corrected chi connectivity index (χ4v) is 4.18. The molecule has 1 N–H and O–H groups in total. The lowest BCUT2D eigenvalue weighted by atomic mass is 9.68. The van der Waals surface area contributed by atoms with Crippen LogP contribution in [-0.2, 0) is 0 Å². The van der Waals surface area contributed by atoms with Crippen molar-refractivity contribution in [2.45, 2.75) is 65.0 Å². The summed E-state index contributed by atoms with van der Waals surface area (Å²) in [4.78, 5) is 4.97. The van der Waals surface area contributed by atoms with Crippen LogP contribution in [0.15, 0.2) is 0 Å². The third-order valence-corrected chi connectivity index (χ3v) is 5.87. The van der Waals surface area contributed by atoms with Crippen LogP contribution in [0.3, 0.4) is 0 Å². The Bertz CT molecular complexity index is 324. The highest BCUT2D eigenvalue weighted by atomic mass is 16.3. The normalized spacial score (nSPS) is 36.1. The molecule has 0 aromatic carbocycles. The topological polar surface area (TPSA) is 26.7 Å². The van der Waals surface area contributed by atoms with Gasteiger partial charge in [-0.1, -0.05) is 20.8 Å². The van der Waals surface area contributed by atoms with Gasteiger partial charge in [0.15, 0.2) is 0 Å². The third kappa shape index (κ3) is 4.67. The van der Waals surface area contributed by atoms with Gasteiger partial charge in [0.25, 0.3) is 0 Å². The highest BCUT2D eigenvalue weighted by Crippen LogP contribution is 2.40. The van der Waals surface area contributed by atoms with Crippen LogP contribution in [-0.4, -0.2) is 60.8 Å². The van der Waals surface area contributed by atoms with Gasteiger partial charge in [-0.3, -0.25) is 0 Å². The van der Waals surface area contributed by atoms with E-state index >= 15 is 0 Å². The average molecular weight is 296 g/mol. The number of likely N-dealkylation sites (N-methyl/N-ethyl adjacent to an activating group) is 1. The molecule has 2 aliphatic rings. The van der Waals surface area contributed by atoms with E-state index in [4.69, 9.17) is 0 Å². The lowest BCUT2D eigenvalue weighted by molar-refractivity contribution is -0.00424. The molecule has 3 heteroatoms. The number of hydrogen-bond donors (Lipinski definition) is 1. The minimum absolute atomic E-state index is 0.0802. The van der Waals surface area contributed by atoms with Crippen molar-refractivity contribution in [3.05, 3.63) is 0 Å². The van der Waals surface area contributed by atoms with Crippen molar-refractivity contribution in [2.75, 3.05) is 33.7 Å². The van der Waals surface area contributed by atoms with Gasteiger partial charge in [-0.25, -0.2) is 0 Å². The summed E-state index contributed by atoms with van der Waals surface area (Å²) in [6.45, 7) is 10.6. The minimum Gasteiger partial charge on any atom is -0.393 e. The molecule has 1 aliphatic heterocycles. The quantitative estimate of drug-likeness (QED) is 0.867. The van der Waals surface area contributed by atoms with Gasteiger partial charge in [0, 0.05) is 19.1 Å². The molecule has 2 rings (SSSR count). The van der Waals surface area contributed by atoms with Gasteiger partial charge in [-0.2, -0.15) is 0 Å². The van der Waals surface area contributed by atoms with E-state index in [9.17, 15) is 5.11 Å². The molecule has 4 unspecified atom stereocenters. The fourth-order valence-electron chi connectivity index (χ4n) is 4.18. The molecule has 1 saturated carbocycles. The largest absolute Gasteiger partial charge is 0.393 e. The summed E-state index contributed by atoms with van der Waals surface area (Å²) in [5.41, 5.74) is 0.381. The van der Waals surface area contributed by atoms with Gasteiger partial charge in [0.2, 0.25) is 0 Å². The molecular formula is C18H36N2O. The van der Waals surface area contributed by atoms with Crippen LogP contribution < -0.4 is 0 Å². The number of likely N-dealkylation sites (tertiary alicyclic amines) is 1. The second-order valence-electron chi connectivity index (χ2n) is 8.72. The predicted octanol–water partition coefficient (Wildman–Crippen LogP) is 2.84. The Morgan fingerprint density at radius 1 is 1.14 bits per heavy atom.